The third-order valence-electron chi connectivity index (χ3n) is 6.39. The molecule has 1 aliphatic carbocycles. The van der Waals surface area contributed by atoms with Crippen LogP contribution in [0.3, 0.4) is 0 Å². The zero-order valence-corrected chi connectivity index (χ0v) is 18.5. The number of hydrogen-bond acceptors (Lipinski definition) is 6. The maximum Gasteiger partial charge on any atom is 0.338 e. The second-order valence-corrected chi connectivity index (χ2v) is 9.76. The maximum absolute atomic E-state index is 12.7. The zero-order valence-electron chi connectivity index (χ0n) is 17.6. The molecule has 2 aliphatic rings. The molecule has 0 bridgehead atoms. The van der Waals surface area contributed by atoms with Gasteiger partial charge >= 0.3 is 11.9 Å². The molecular weight excluding hydrogens is 424 g/mol. The van der Waals surface area contributed by atoms with Gasteiger partial charge in [-0.25, -0.2) is 4.79 Å². The molecule has 5 nitrogen and oxygen atoms in total. The van der Waals surface area contributed by atoms with Crippen molar-refractivity contribution >= 4 is 33.4 Å². The summed E-state index contributed by atoms with van der Waals surface area (Å²) in [5, 5.41) is 12.3. The van der Waals surface area contributed by atoms with Crippen molar-refractivity contribution in [2.75, 3.05) is 0 Å². The van der Waals surface area contributed by atoms with Crippen molar-refractivity contribution in [1.82, 2.24) is 0 Å². The molecule has 32 heavy (non-hydrogen) atoms. The fraction of sp³-hybridized carbons (Fsp3) is 0.308. The van der Waals surface area contributed by atoms with E-state index in [0.717, 1.165) is 15.0 Å². The van der Waals surface area contributed by atoms with E-state index in [1.165, 1.54) is 0 Å². The summed E-state index contributed by atoms with van der Waals surface area (Å²) in [7, 11) is 0. The topological polar surface area (TPSA) is 72.8 Å². The molecular formula is C26H24O5S. The molecule has 164 valence electrons. The SMILES string of the molecule is CC(O)(/C=C/[C@@H]1[C@H]2CC(=O)O[C@H]2C[C@H]1OC(=O)c1ccccc1)c1cc2ccccc2s1. The number of benzene rings is 2. The van der Waals surface area contributed by atoms with E-state index in [9.17, 15) is 14.7 Å². The molecule has 5 atom stereocenters. The van der Waals surface area contributed by atoms with Crippen LogP contribution in [0.5, 0.6) is 0 Å². The van der Waals surface area contributed by atoms with Crippen molar-refractivity contribution in [2.45, 2.75) is 37.6 Å². The highest BCUT2D eigenvalue weighted by Crippen LogP contribution is 2.44. The third-order valence-corrected chi connectivity index (χ3v) is 7.73. The Morgan fingerprint density at radius 1 is 1.19 bits per heavy atom. The van der Waals surface area contributed by atoms with E-state index >= 15 is 0 Å². The largest absolute Gasteiger partial charge is 0.462 e. The van der Waals surface area contributed by atoms with Gasteiger partial charge in [0, 0.05) is 27.8 Å². The van der Waals surface area contributed by atoms with E-state index in [2.05, 4.69) is 0 Å². The Kier molecular flexibility index (Phi) is 5.35. The van der Waals surface area contributed by atoms with Gasteiger partial charge in [0.05, 0.1) is 12.0 Å². The summed E-state index contributed by atoms with van der Waals surface area (Å²) in [6, 6.07) is 18.9. The van der Waals surface area contributed by atoms with Crippen molar-refractivity contribution in [2.24, 2.45) is 11.8 Å². The number of thiophene rings is 1. The van der Waals surface area contributed by atoms with Crippen LogP contribution in [-0.2, 0) is 19.9 Å². The number of hydrogen-bond donors (Lipinski definition) is 1. The quantitative estimate of drug-likeness (QED) is 0.447. The number of carbonyl (C=O) groups is 2. The van der Waals surface area contributed by atoms with Gasteiger partial charge in [0.1, 0.15) is 17.8 Å². The first-order valence-electron chi connectivity index (χ1n) is 10.8. The zero-order chi connectivity index (χ0) is 22.3. The van der Waals surface area contributed by atoms with Gasteiger partial charge < -0.3 is 14.6 Å². The number of carbonyl (C=O) groups excluding carboxylic acids is 2. The number of aliphatic hydroxyl groups is 1. The molecule has 0 amide bonds. The fourth-order valence-corrected chi connectivity index (χ4v) is 5.77. The van der Waals surface area contributed by atoms with Gasteiger partial charge in [-0.3, -0.25) is 4.79 Å². The molecule has 2 aromatic carbocycles. The van der Waals surface area contributed by atoms with Gasteiger partial charge in [-0.1, -0.05) is 48.6 Å². The Morgan fingerprint density at radius 2 is 1.94 bits per heavy atom. The highest BCUT2D eigenvalue weighted by molar-refractivity contribution is 7.19. The van der Waals surface area contributed by atoms with Crippen molar-refractivity contribution in [3.05, 3.63) is 83.3 Å². The van der Waals surface area contributed by atoms with Crippen LogP contribution >= 0.6 is 11.3 Å². The highest BCUT2D eigenvalue weighted by atomic mass is 32.1. The van der Waals surface area contributed by atoms with Gasteiger partial charge in [0.25, 0.3) is 0 Å². The molecule has 1 saturated carbocycles. The summed E-state index contributed by atoms with van der Waals surface area (Å²) >= 11 is 1.55. The van der Waals surface area contributed by atoms with Crippen molar-refractivity contribution < 1.29 is 24.2 Å². The van der Waals surface area contributed by atoms with E-state index in [1.807, 2.05) is 42.5 Å². The Hall–Kier alpha value is -2.96. The van der Waals surface area contributed by atoms with Crippen LogP contribution in [0.25, 0.3) is 10.1 Å². The second kappa shape index (κ2) is 8.19. The van der Waals surface area contributed by atoms with Crippen LogP contribution in [0, 0.1) is 11.8 Å². The molecule has 6 heteroatoms. The molecule has 2 heterocycles. The standard InChI is InChI=1S/C26H24O5S/c1-26(29,23-13-17-9-5-6-10-22(17)32-23)12-11-18-19-14-24(27)30-21(19)15-20(18)31-25(28)16-7-3-2-4-8-16/h2-13,18-21,29H,14-15H2,1H3/b12-11+/t18-,19-,20-,21+,26?/m1/s1. The van der Waals surface area contributed by atoms with Crippen LogP contribution in [0.15, 0.2) is 72.8 Å². The van der Waals surface area contributed by atoms with Gasteiger partial charge in [-0.2, -0.15) is 0 Å². The fourth-order valence-electron chi connectivity index (χ4n) is 4.68. The molecule has 5 rings (SSSR count). The Bertz CT molecular complexity index is 1150. The predicted molar refractivity (Wildman–Crippen MR) is 122 cm³/mol. The lowest BCUT2D eigenvalue weighted by molar-refractivity contribution is -0.141. The minimum absolute atomic E-state index is 0.0643. The predicted octanol–water partition coefficient (Wildman–Crippen LogP) is 4.84. The maximum atomic E-state index is 12.7. The van der Waals surface area contributed by atoms with E-state index in [1.54, 1.807) is 48.6 Å². The van der Waals surface area contributed by atoms with Crippen molar-refractivity contribution in [3.63, 3.8) is 0 Å². The van der Waals surface area contributed by atoms with Crippen LogP contribution in [-0.4, -0.2) is 29.3 Å². The molecule has 1 saturated heterocycles. The summed E-state index contributed by atoms with van der Waals surface area (Å²) in [5.41, 5.74) is -0.694. The molecule has 2 fully saturated rings. The van der Waals surface area contributed by atoms with Gasteiger partial charge in [-0.15, -0.1) is 11.3 Å². The number of ether oxygens (including phenoxy) is 2. The van der Waals surface area contributed by atoms with Gasteiger partial charge in [-0.05, 0) is 36.6 Å². The monoisotopic (exact) mass is 448 g/mol. The summed E-state index contributed by atoms with van der Waals surface area (Å²) in [5.74, 6) is -0.885. The Balaban J connectivity index is 1.39. The van der Waals surface area contributed by atoms with Crippen LogP contribution in [0.4, 0.5) is 0 Å². The van der Waals surface area contributed by atoms with Gasteiger partial charge in [0.2, 0.25) is 0 Å². The molecule has 3 aromatic rings. The molecule has 1 aromatic heterocycles. The van der Waals surface area contributed by atoms with Crippen molar-refractivity contribution in [3.8, 4) is 0 Å². The average Bonchev–Trinajstić information content (AvgIpc) is 3.45. The summed E-state index contributed by atoms with van der Waals surface area (Å²) in [6.07, 6.45) is 3.75. The van der Waals surface area contributed by atoms with E-state index in [0.29, 0.717) is 18.4 Å². The smallest absolute Gasteiger partial charge is 0.338 e. The van der Waals surface area contributed by atoms with Crippen LogP contribution in [0.2, 0.25) is 0 Å². The number of fused-ring (bicyclic) bond motifs is 2. The lowest BCUT2D eigenvalue weighted by Gasteiger charge is -2.23. The molecule has 1 aliphatic heterocycles. The minimum Gasteiger partial charge on any atom is -0.462 e. The first-order valence-corrected chi connectivity index (χ1v) is 11.6. The minimum atomic E-state index is -1.18. The normalized spacial score (nSPS) is 26.8. The molecule has 0 spiro atoms. The second-order valence-electron chi connectivity index (χ2n) is 8.67. The first-order chi connectivity index (χ1) is 15.4. The van der Waals surface area contributed by atoms with E-state index < -0.39 is 17.7 Å². The Labute approximate surface area is 190 Å². The first kappa shape index (κ1) is 20.9. The van der Waals surface area contributed by atoms with Crippen molar-refractivity contribution in [1.29, 1.82) is 0 Å². The number of esters is 2. The lowest BCUT2D eigenvalue weighted by atomic mass is 9.89. The van der Waals surface area contributed by atoms with Crippen LogP contribution < -0.4 is 0 Å². The van der Waals surface area contributed by atoms with E-state index in [4.69, 9.17) is 9.47 Å². The summed E-state index contributed by atoms with van der Waals surface area (Å²) in [6.45, 7) is 1.75. The molecule has 1 N–H and O–H groups in total. The summed E-state index contributed by atoms with van der Waals surface area (Å²) < 4.78 is 12.4. The molecule has 0 radical (unpaired) electrons. The summed E-state index contributed by atoms with van der Waals surface area (Å²) in [4.78, 5) is 25.4. The number of rotatable bonds is 5. The highest BCUT2D eigenvalue weighted by Gasteiger charge is 2.51. The molecule has 1 unspecified atom stereocenters. The Morgan fingerprint density at radius 3 is 2.72 bits per heavy atom. The van der Waals surface area contributed by atoms with Crippen LogP contribution in [0.1, 0.15) is 35.0 Å². The lowest BCUT2D eigenvalue weighted by Crippen LogP contribution is -2.26. The van der Waals surface area contributed by atoms with Gasteiger partial charge in [0.15, 0.2) is 0 Å². The average molecular weight is 449 g/mol. The van der Waals surface area contributed by atoms with E-state index in [-0.39, 0.29) is 23.9 Å². The third kappa shape index (κ3) is 3.96.